The molecule has 0 spiro atoms. The number of pyridine rings is 1. The second-order valence-corrected chi connectivity index (χ2v) is 4.33. The first-order chi connectivity index (χ1) is 9.08. The Bertz CT molecular complexity index is 612. The van der Waals surface area contributed by atoms with E-state index in [1.54, 1.807) is 0 Å². The minimum absolute atomic E-state index is 0.235. The van der Waals surface area contributed by atoms with Crippen LogP contribution in [-0.4, -0.2) is 11.2 Å². The van der Waals surface area contributed by atoms with E-state index in [4.69, 9.17) is 23.2 Å². The summed E-state index contributed by atoms with van der Waals surface area (Å²) < 4.78 is 26.6. The second-order valence-electron chi connectivity index (χ2n) is 3.49. The minimum Gasteiger partial charge on any atom is -0.260 e. The van der Waals surface area contributed by atoms with Gasteiger partial charge in [0, 0.05) is 6.20 Å². The number of hydrogen-bond acceptors (Lipinski definition) is 3. The average Bonchev–Trinajstić information content (AvgIpc) is 2.35. The summed E-state index contributed by atoms with van der Waals surface area (Å²) in [4.78, 5) is 3.88. The summed E-state index contributed by atoms with van der Waals surface area (Å²) in [7, 11) is 0. The number of halogens is 4. The molecule has 0 bridgehead atoms. The highest BCUT2D eigenvalue weighted by molar-refractivity contribution is 6.35. The molecular formula is C12H7Cl2F2N3. The smallest absolute Gasteiger partial charge is 0.165 e. The largest absolute Gasteiger partial charge is 0.260 e. The van der Waals surface area contributed by atoms with Gasteiger partial charge in [-0.15, -0.1) is 0 Å². The fraction of sp³-hybridized carbons (Fsp3) is 0. The minimum atomic E-state index is -0.708. The maximum atomic E-state index is 13.3. The second kappa shape index (κ2) is 5.95. The van der Waals surface area contributed by atoms with Crippen LogP contribution in [0.4, 0.5) is 14.6 Å². The van der Waals surface area contributed by atoms with E-state index >= 15 is 0 Å². The predicted molar refractivity (Wildman–Crippen MR) is 71.8 cm³/mol. The summed E-state index contributed by atoms with van der Waals surface area (Å²) in [6.45, 7) is 0. The SMILES string of the molecule is Fc1cccc(F)c1C=NNc1ncc(Cl)cc1Cl. The van der Waals surface area contributed by atoms with Crippen molar-refractivity contribution in [3.05, 3.63) is 57.7 Å². The van der Waals surface area contributed by atoms with Crippen molar-refractivity contribution in [2.45, 2.75) is 0 Å². The van der Waals surface area contributed by atoms with Crippen LogP contribution in [-0.2, 0) is 0 Å². The van der Waals surface area contributed by atoms with E-state index in [2.05, 4.69) is 15.5 Å². The molecule has 0 aliphatic carbocycles. The molecule has 7 heteroatoms. The van der Waals surface area contributed by atoms with E-state index < -0.39 is 11.6 Å². The normalized spacial score (nSPS) is 10.9. The molecule has 0 saturated carbocycles. The molecule has 0 saturated heterocycles. The van der Waals surface area contributed by atoms with Gasteiger partial charge in [0.2, 0.25) is 0 Å². The van der Waals surface area contributed by atoms with Crippen molar-refractivity contribution >= 4 is 35.2 Å². The molecule has 0 unspecified atom stereocenters. The van der Waals surface area contributed by atoms with Crippen LogP contribution >= 0.6 is 23.2 Å². The Morgan fingerprint density at radius 1 is 1.21 bits per heavy atom. The van der Waals surface area contributed by atoms with E-state index in [0.29, 0.717) is 5.02 Å². The maximum Gasteiger partial charge on any atom is 0.165 e. The number of rotatable bonds is 3. The molecule has 2 rings (SSSR count). The molecule has 3 nitrogen and oxygen atoms in total. The molecule has 0 aliphatic rings. The molecular weight excluding hydrogens is 295 g/mol. The van der Waals surface area contributed by atoms with Gasteiger partial charge in [0.15, 0.2) is 5.82 Å². The quantitative estimate of drug-likeness (QED) is 0.684. The molecule has 1 aromatic carbocycles. The molecule has 0 radical (unpaired) electrons. The molecule has 0 fully saturated rings. The Morgan fingerprint density at radius 2 is 1.89 bits per heavy atom. The van der Waals surface area contributed by atoms with Gasteiger partial charge in [-0.2, -0.15) is 5.10 Å². The number of hydrogen-bond donors (Lipinski definition) is 1. The lowest BCUT2D eigenvalue weighted by Crippen LogP contribution is -1.98. The highest BCUT2D eigenvalue weighted by Gasteiger charge is 2.05. The van der Waals surface area contributed by atoms with E-state index in [1.807, 2.05) is 0 Å². The van der Waals surface area contributed by atoms with Gasteiger partial charge in [0.25, 0.3) is 0 Å². The van der Waals surface area contributed by atoms with Crippen LogP contribution in [0.25, 0.3) is 0 Å². The zero-order valence-electron chi connectivity index (χ0n) is 9.37. The van der Waals surface area contributed by atoms with Crippen LogP contribution in [0, 0.1) is 11.6 Å². The van der Waals surface area contributed by atoms with E-state index in [1.165, 1.54) is 18.3 Å². The Kier molecular flexibility index (Phi) is 4.29. The summed E-state index contributed by atoms with van der Waals surface area (Å²) in [5.74, 6) is -1.18. The van der Waals surface area contributed by atoms with Crippen molar-refractivity contribution in [3.8, 4) is 0 Å². The van der Waals surface area contributed by atoms with E-state index in [-0.39, 0.29) is 16.4 Å². The van der Waals surface area contributed by atoms with Gasteiger partial charge in [0.05, 0.1) is 21.8 Å². The Labute approximate surface area is 117 Å². The van der Waals surface area contributed by atoms with Crippen molar-refractivity contribution in [2.24, 2.45) is 5.10 Å². The van der Waals surface area contributed by atoms with Crippen LogP contribution in [0.1, 0.15) is 5.56 Å². The number of nitrogens with zero attached hydrogens (tertiary/aromatic N) is 2. The van der Waals surface area contributed by atoms with Crippen molar-refractivity contribution < 1.29 is 8.78 Å². The van der Waals surface area contributed by atoms with Gasteiger partial charge < -0.3 is 0 Å². The molecule has 1 heterocycles. The van der Waals surface area contributed by atoms with Gasteiger partial charge in [-0.25, -0.2) is 13.8 Å². The van der Waals surface area contributed by atoms with Crippen LogP contribution in [0.5, 0.6) is 0 Å². The molecule has 98 valence electrons. The Balaban J connectivity index is 2.16. The third kappa shape index (κ3) is 3.39. The zero-order chi connectivity index (χ0) is 13.8. The summed E-state index contributed by atoms with van der Waals surface area (Å²) in [6.07, 6.45) is 2.38. The highest BCUT2D eigenvalue weighted by Crippen LogP contribution is 2.22. The Hall–Kier alpha value is -1.72. The van der Waals surface area contributed by atoms with Crippen LogP contribution in [0.3, 0.4) is 0 Å². The number of nitrogens with one attached hydrogen (secondary N) is 1. The standard InChI is InChI=1S/C12H7Cl2F2N3/c13-7-4-9(14)12(17-5-7)19-18-6-8-10(15)2-1-3-11(8)16/h1-6H,(H,17,19). The first-order valence-corrected chi connectivity index (χ1v) is 5.87. The molecule has 0 atom stereocenters. The molecule has 19 heavy (non-hydrogen) atoms. The molecule has 2 aromatic rings. The molecule has 0 aliphatic heterocycles. The zero-order valence-corrected chi connectivity index (χ0v) is 10.9. The van der Waals surface area contributed by atoms with E-state index in [9.17, 15) is 8.78 Å². The van der Waals surface area contributed by atoms with Crippen LogP contribution in [0.15, 0.2) is 35.6 Å². The lowest BCUT2D eigenvalue weighted by Gasteiger charge is -2.02. The number of anilines is 1. The Morgan fingerprint density at radius 3 is 2.53 bits per heavy atom. The average molecular weight is 302 g/mol. The summed E-state index contributed by atoms with van der Waals surface area (Å²) >= 11 is 11.5. The third-order valence-electron chi connectivity index (χ3n) is 2.17. The molecule has 1 N–H and O–H groups in total. The highest BCUT2D eigenvalue weighted by atomic mass is 35.5. The maximum absolute atomic E-state index is 13.3. The van der Waals surface area contributed by atoms with Gasteiger partial charge >= 0.3 is 0 Å². The van der Waals surface area contributed by atoms with Crippen molar-refractivity contribution in [1.29, 1.82) is 0 Å². The van der Waals surface area contributed by atoms with Crippen molar-refractivity contribution in [1.82, 2.24) is 4.98 Å². The lowest BCUT2D eigenvalue weighted by molar-refractivity contribution is 0.580. The fourth-order valence-corrected chi connectivity index (χ4v) is 1.71. The van der Waals surface area contributed by atoms with Crippen molar-refractivity contribution in [2.75, 3.05) is 5.43 Å². The van der Waals surface area contributed by atoms with Gasteiger partial charge in [0.1, 0.15) is 11.6 Å². The molecule has 1 aromatic heterocycles. The van der Waals surface area contributed by atoms with Gasteiger partial charge in [-0.3, -0.25) is 5.43 Å². The molecule has 0 amide bonds. The van der Waals surface area contributed by atoms with Crippen molar-refractivity contribution in [3.63, 3.8) is 0 Å². The van der Waals surface area contributed by atoms with Crippen LogP contribution < -0.4 is 5.43 Å². The lowest BCUT2D eigenvalue weighted by atomic mass is 10.2. The van der Waals surface area contributed by atoms with Gasteiger partial charge in [-0.1, -0.05) is 29.3 Å². The van der Waals surface area contributed by atoms with Gasteiger partial charge in [-0.05, 0) is 18.2 Å². The number of benzene rings is 1. The number of hydrazone groups is 1. The number of aromatic nitrogens is 1. The van der Waals surface area contributed by atoms with Crippen LogP contribution in [0.2, 0.25) is 10.0 Å². The first-order valence-electron chi connectivity index (χ1n) is 5.12. The predicted octanol–water partition coefficient (Wildman–Crippen LogP) is 4.11. The topological polar surface area (TPSA) is 37.3 Å². The monoisotopic (exact) mass is 301 g/mol. The summed E-state index contributed by atoms with van der Waals surface area (Å²) in [5.41, 5.74) is 2.23. The first kappa shape index (κ1) is 13.7. The summed E-state index contributed by atoms with van der Waals surface area (Å²) in [6, 6.07) is 5.01. The third-order valence-corrected chi connectivity index (χ3v) is 2.67. The van der Waals surface area contributed by atoms with E-state index in [0.717, 1.165) is 18.3 Å². The fourth-order valence-electron chi connectivity index (χ4n) is 1.29. The summed E-state index contributed by atoms with van der Waals surface area (Å²) in [5, 5.41) is 4.30.